The summed E-state index contributed by atoms with van der Waals surface area (Å²) < 4.78 is 13.0. The predicted molar refractivity (Wildman–Crippen MR) is 86.6 cm³/mol. The van der Waals surface area contributed by atoms with E-state index in [0.29, 0.717) is 6.42 Å². The minimum absolute atomic E-state index is 0.244. The van der Waals surface area contributed by atoms with Crippen LogP contribution in [0.2, 0.25) is 0 Å². The van der Waals surface area contributed by atoms with Crippen LogP contribution in [-0.2, 0) is 4.79 Å². The lowest BCUT2D eigenvalue weighted by Gasteiger charge is -2.21. The maximum Gasteiger partial charge on any atom is 0.222 e. The van der Waals surface area contributed by atoms with Crippen molar-refractivity contribution >= 4 is 22.4 Å². The summed E-state index contributed by atoms with van der Waals surface area (Å²) in [5.74, 6) is 0.00569. The second kappa shape index (κ2) is 6.44. The lowest BCUT2D eigenvalue weighted by molar-refractivity contribution is -0.127. The topological polar surface area (TPSA) is 36.4 Å². The number of likely N-dealkylation sites (tertiary alicyclic amines) is 1. The quantitative estimate of drug-likeness (QED) is 0.850. The molecule has 6 heteroatoms. The molecule has 0 radical (unpaired) electrons. The molecular formula is C16H18FN3OS. The van der Waals surface area contributed by atoms with Crippen LogP contribution < -0.4 is 4.90 Å². The first-order chi connectivity index (χ1) is 10.6. The van der Waals surface area contributed by atoms with Crippen molar-refractivity contribution < 1.29 is 9.18 Å². The molecule has 1 amide bonds. The van der Waals surface area contributed by atoms with Gasteiger partial charge >= 0.3 is 0 Å². The number of halogens is 1. The van der Waals surface area contributed by atoms with Gasteiger partial charge in [-0.1, -0.05) is 0 Å². The Morgan fingerprint density at radius 1 is 1.36 bits per heavy atom. The number of benzene rings is 1. The van der Waals surface area contributed by atoms with E-state index in [0.717, 1.165) is 42.4 Å². The van der Waals surface area contributed by atoms with Crippen molar-refractivity contribution in [1.29, 1.82) is 0 Å². The summed E-state index contributed by atoms with van der Waals surface area (Å²) in [6, 6.07) is 6.35. The minimum Gasteiger partial charge on any atom is -0.349 e. The van der Waals surface area contributed by atoms with Gasteiger partial charge in [-0.2, -0.15) is 0 Å². The normalized spacial score (nSPS) is 14.6. The van der Waals surface area contributed by atoms with Gasteiger partial charge < -0.3 is 9.80 Å². The van der Waals surface area contributed by atoms with Crippen LogP contribution in [0.5, 0.6) is 0 Å². The molecule has 0 aliphatic carbocycles. The van der Waals surface area contributed by atoms with Gasteiger partial charge in [0.1, 0.15) is 5.82 Å². The summed E-state index contributed by atoms with van der Waals surface area (Å²) in [5, 5.41) is 2.88. The number of thiazole rings is 1. The first-order valence-electron chi connectivity index (χ1n) is 7.34. The number of carbonyl (C=O) groups is 1. The van der Waals surface area contributed by atoms with E-state index in [1.165, 1.54) is 12.1 Å². The molecule has 1 fully saturated rings. The van der Waals surface area contributed by atoms with Gasteiger partial charge in [-0.25, -0.2) is 9.37 Å². The van der Waals surface area contributed by atoms with Gasteiger partial charge in [-0.3, -0.25) is 4.79 Å². The van der Waals surface area contributed by atoms with Gasteiger partial charge in [0, 0.05) is 44.0 Å². The molecule has 1 aliphatic heterocycles. The van der Waals surface area contributed by atoms with Crippen molar-refractivity contribution in [2.75, 3.05) is 31.6 Å². The zero-order valence-corrected chi connectivity index (χ0v) is 13.3. The molecule has 1 saturated heterocycles. The van der Waals surface area contributed by atoms with E-state index in [-0.39, 0.29) is 11.7 Å². The summed E-state index contributed by atoms with van der Waals surface area (Å²) in [6.45, 7) is 2.37. The Hall–Kier alpha value is -1.95. The lowest BCUT2D eigenvalue weighted by Crippen LogP contribution is -2.33. The second-order valence-corrected chi connectivity index (χ2v) is 6.26. The highest BCUT2D eigenvalue weighted by atomic mass is 32.1. The third-order valence-electron chi connectivity index (χ3n) is 3.84. The van der Waals surface area contributed by atoms with Crippen molar-refractivity contribution in [3.05, 3.63) is 35.5 Å². The number of carbonyl (C=O) groups excluding carboxylic acids is 1. The zero-order chi connectivity index (χ0) is 15.5. The smallest absolute Gasteiger partial charge is 0.222 e. The van der Waals surface area contributed by atoms with Crippen molar-refractivity contribution in [2.24, 2.45) is 0 Å². The number of hydrogen-bond acceptors (Lipinski definition) is 4. The summed E-state index contributed by atoms with van der Waals surface area (Å²) in [4.78, 5) is 20.2. The standard InChI is InChI=1S/C16H18FN3OS/c1-19(9-10-20-8-2-3-15(20)21)16-18-14(11-22-16)12-4-6-13(17)7-5-12/h4-7,11H,2-3,8-10H2,1H3. The molecule has 0 bridgehead atoms. The third-order valence-corrected chi connectivity index (χ3v) is 4.79. The number of likely N-dealkylation sites (N-methyl/N-ethyl adjacent to an activating group) is 1. The highest BCUT2D eigenvalue weighted by Crippen LogP contribution is 2.27. The fourth-order valence-electron chi connectivity index (χ4n) is 2.50. The van der Waals surface area contributed by atoms with E-state index >= 15 is 0 Å². The Bertz CT molecular complexity index is 656. The molecule has 1 aromatic carbocycles. The molecule has 0 unspecified atom stereocenters. The summed E-state index contributed by atoms with van der Waals surface area (Å²) in [6.07, 6.45) is 1.64. The molecule has 3 rings (SSSR count). The van der Waals surface area contributed by atoms with Gasteiger partial charge in [0.05, 0.1) is 5.69 Å². The predicted octanol–water partition coefficient (Wildman–Crippen LogP) is 3.01. The molecule has 0 saturated carbocycles. The number of hydrogen-bond donors (Lipinski definition) is 0. The van der Waals surface area contributed by atoms with Crippen molar-refractivity contribution in [3.63, 3.8) is 0 Å². The zero-order valence-electron chi connectivity index (χ0n) is 12.5. The molecule has 0 N–H and O–H groups in total. The first kappa shape index (κ1) is 15.0. The second-order valence-electron chi connectivity index (χ2n) is 5.43. The van der Waals surface area contributed by atoms with Gasteiger partial charge in [-0.15, -0.1) is 11.3 Å². The van der Waals surface area contributed by atoms with Crippen LogP contribution in [0.1, 0.15) is 12.8 Å². The van der Waals surface area contributed by atoms with Crippen LogP contribution in [0.4, 0.5) is 9.52 Å². The third kappa shape index (κ3) is 3.27. The van der Waals surface area contributed by atoms with Gasteiger partial charge in [0.2, 0.25) is 5.91 Å². The van der Waals surface area contributed by atoms with Gasteiger partial charge in [0.25, 0.3) is 0 Å². The molecule has 1 aromatic heterocycles. The summed E-state index contributed by atoms with van der Waals surface area (Å²) in [5.41, 5.74) is 1.76. The van der Waals surface area contributed by atoms with Crippen molar-refractivity contribution in [1.82, 2.24) is 9.88 Å². The molecule has 4 nitrogen and oxygen atoms in total. The van der Waals surface area contributed by atoms with Crippen LogP contribution in [0.15, 0.2) is 29.6 Å². The van der Waals surface area contributed by atoms with E-state index in [2.05, 4.69) is 9.88 Å². The van der Waals surface area contributed by atoms with Crippen LogP contribution in [-0.4, -0.2) is 42.5 Å². The average Bonchev–Trinajstić information content (AvgIpc) is 3.15. The fraction of sp³-hybridized carbons (Fsp3) is 0.375. The molecule has 2 heterocycles. The maximum atomic E-state index is 13.0. The Kier molecular flexibility index (Phi) is 4.38. The number of rotatable bonds is 5. The number of nitrogens with zero attached hydrogens (tertiary/aromatic N) is 3. The molecule has 116 valence electrons. The largest absolute Gasteiger partial charge is 0.349 e. The SMILES string of the molecule is CN(CCN1CCCC1=O)c1nc(-c2ccc(F)cc2)cs1. The molecule has 0 spiro atoms. The first-order valence-corrected chi connectivity index (χ1v) is 8.22. The molecule has 0 atom stereocenters. The van der Waals surface area contributed by atoms with E-state index in [4.69, 9.17) is 0 Å². The molecule has 22 heavy (non-hydrogen) atoms. The van der Waals surface area contributed by atoms with Crippen molar-refractivity contribution in [3.8, 4) is 11.3 Å². The Morgan fingerprint density at radius 3 is 2.82 bits per heavy atom. The average molecular weight is 319 g/mol. The van der Waals surface area contributed by atoms with Crippen LogP contribution >= 0.6 is 11.3 Å². The van der Waals surface area contributed by atoms with Crippen molar-refractivity contribution in [2.45, 2.75) is 12.8 Å². The number of aromatic nitrogens is 1. The summed E-state index contributed by atoms with van der Waals surface area (Å²) >= 11 is 1.56. The molecule has 1 aliphatic rings. The van der Waals surface area contributed by atoms with E-state index < -0.39 is 0 Å². The van der Waals surface area contributed by atoms with Crippen LogP contribution in [0, 0.1) is 5.82 Å². The Balaban J connectivity index is 1.62. The highest BCUT2D eigenvalue weighted by molar-refractivity contribution is 7.14. The van der Waals surface area contributed by atoms with E-state index in [9.17, 15) is 9.18 Å². The van der Waals surface area contributed by atoms with E-state index in [1.54, 1.807) is 23.5 Å². The maximum absolute atomic E-state index is 13.0. The van der Waals surface area contributed by atoms with Crippen LogP contribution in [0.3, 0.4) is 0 Å². The van der Waals surface area contributed by atoms with Crippen LogP contribution in [0.25, 0.3) is 11.3 Å². The molecule has 2 aromatic rings. The molecular weight excluding hydrogens is 301 g/mol. The number of amides is 1. The van der Waals surface area contributed by atoms with E-state index in [1.807, 2.05) is 17.3 Å². The minimum atomic E-state index is -0.244. The highest BCUT2D eigenvalue weighted by Gasteiger charge is 2.20. The summed E-state index contributed by atoms with van der Waals surface area (Å²) in [7, 11) is 1.98. The lowest BCUT2D eigenvalue weighted by atomic mass is 10.2. The Labute approximate surface area is 133 Å². The van der Waals surface area contributed by atoms with Gasteiger partial charge in [-0.05, 0) is 30.7 Å². The monoisotopic (exact) mass is 319 g/mol. The van der Waals surface area contributed by atoms with Gasteiger partial charge in [0.15, 0.2) is 5.13 Å². The fourth-order valence-corrected chi connectivity index (χ4v) is 3.33. The Morgan fingerprint density at radius 2 is 2.14 bits per heavy atom. The number of anilines is 1.